The molecule has 2 atom stereocenters. The first kappa shape index (κ1) is 23.6. The SMILES string of the molecule is CC(=O)Nc1ccc(C#Cc2ccc3nc4n(c3c2)[C@@H]2CC4N(C)C(=O)c3cccc(OC(F)F)c32)cn1. The van der Waals surface area contributed by atoms with Crippen molar-refractivity contribution in [1.82, 2.24) is 19.4 Å². The van der Waals surface area contributed by atoms with Gasteiger partial charge in [-0.3, -0.25) is 9.59 Å². The number of hydrogen-bond donors (Lipinski definition) is 1. The van der Waals surface area contributed by atoms with Crippen LogP contribution in [-0.4, -0.2) is 44.9 Å². The quantitative estimate of drug-likeness (QED) is 0.407. The van der Waals surface area contributed by atoms with Crippen LogP contribution >= 0.6 is 0 Å². The molecule has 0 aliphatic carbocycles. The summed E-state index contributed by atoms with van der Waals surface area (Å²) < 4.78 is 33.4. The van der Waals surface area contributed by atoms with E-state index in [0.29, 0.717) is 34.8 Å². The van der Waals surface area contributed by atoms with Crippen molar-refractivity contribution in [1.29, 1.82) is 0 Å². The summed E-state index contributed by atoms with van der Waals surface area (Å²) >= 11 is 0. The van der Waals surface area contributed by atoms with Crippen molar-refractivity contribution in [3.8, 4) is 17.6 Å². The lowest BCUT2D eigenvalue weighted by Crippen LogP contribution is -2.30. The number of aromatic nitrogens is 3. The standard InChI is InChI=1S/C28H21F2N5O3/c1-15(36)32-24-11-9-17(14-31-24)7-6-16-8-10-19-20(12-16)35-21-13-22(26(35)33-19)34(2)27(37)18-4-3-5-23(25(18)21)38-28(29)30/h3-5,8-12,14,21-22,28H,13H2,1-2H3,(H,31,32,36)/t21-,22?/m1/s1. The van der Waals surface area contributed by atoms with Crippen LogP contribution in [0.1, 0.15) is 58.3 Å². The number of alkyl halides is 2. The molecular weight excluding hydrogens is 492 g/mol. The smallest absolute Gasteiger partial charge is 0.387 e. The lowest BCUT2D eigenvalue weighted by molar-refractivity contribution is -0.114. The van der Waals surface area contributed by atoms with Crippen LogP contribution in [0.15, 0.2) is 54.7 Å². The molecule has 10 heteroatoms. The van der Waals surface area contributed by atoms with Gasteiger partial charge in [0.05, 0.1) is 23.1 Å². The highest BCUT2D eigenvalue weighted by molar-refractivity contribution is 5.98. The Hall–Kier alpha value is -4.78. The number of carbonyl (C=O) groups is 2. The van der Waals surface area contributed by atoms with Gasteiger partial charge >= 0.3 is 6.61 Å². The number of hydrogen-bond acceptors (Lipinski definition) is 5. The number of amides is 2. The van der Waals surface area contributed by atoms with Crippen molar-refractivity contribution < 1.29 is 23.1 Å². The number of fused-ring (bicyclic) bond motifs is 9. The van der Waals surface area contributed by atoms with Crippen molar-refractivity contribution in [2.75, 3.05) is 12.4 Å². The fourth-order valence-electron chi connectivity index (χ4n) is 5.22. The highest BCUT2D eigenvalue weighted by Crippen LogP contribution is 2.49. The number of carbonyl (C=O) groups excluding carboxylic acids is 2. The molecule has 2 aliphatic rings. The maximum Gasteiger partial charge on any atom is 0.387 e. The lowest BCUT2D eigenvalue weighted by Gasteiger charge is -2.24. The maximum absolute atomic E-state index is 13.3. The Balaban J connectivity index is 1.43. The van der Waals surface area contributed by atoms with Gasteiger partial charge in [0.25, 0.3) is 5.91 Å². The Morgan fingerprint density at radius 1 is 1.13 bits per heavy atom. The van der Waals surface area contributed by atoms with E-state index < -0.39 is 12.7 Å². The molecule has 0 saturated carbocycles. The molecule has 0 fully saturated rings. The summed E-state index contributed by atoms with van der Waals surface area (Å²) in [5.74, 6) is 6.88. The van der Waals surface area contributed by atoms with Gasteiger partial charge in [0.2, 0.25) is 5.91 Å². The van der Waals surface area contributed by atoms with Crippen LogP contribution in [0.2, 0.25) is 0 Å². The number of pyridine rings is 1. The number of rotatable bonds is 3. The molecule has 2 aromatic carbocycles. The molecular formula is C28H21F2N5O3. The predicted molar refractivity (Wildman–Crippen MR) is 135 cm³/mol. The Bertz CT molecular complexity index is 1670. The molecule has 1 unspecified atom stereocenters. The first-order valence-electron chi connectivity index (χ1n) is 11.9. The second-order valence-corrected chi connectivity index (χ2v) is 9.19. The third-order valence-electron chi connectivity index (χ3n) is 6.83. The van der Waals surface area contributed by atoms with E-state index in [2.05, 4.69) is 22.1 Å². The summed E-state index contributed by atoms with van der Waals surface area (Å²) in [5, 5.41) is 2.61. The maximum atomic E-state index is 13.3. The van der Waals surface area contributed by atoms with Crippen molar-refractivity contribution in [2.45, 2.75) is 32.0 Å². The second-order valence-electron chi connectivity index (χ2n) is 9.19. The summed E-state index contributed by atoms with van der Waals surface area (Å²) in [5.41, 5.74) is 3.70. The van der Waals surface area contributed by atoms with Crippen LogP contribution < -0.4 is 10.1 Å². The summed E-state index contributed by atoms with van der Waals surface area (Å²) in [4.78, 5) is 35.0. The molecule has 190 valence electrons. The van der Waals surface area contributed by atoms with Gasteiger partial charge < -0.3 is 19.5 Å². The van der Waals surface area contributed by atoms with E-state index in [1.54, 1.807) is 42.4 Å². The van der Waals surface area contributed by atoms with Crippen molar-refractivity contribution in [3.05, 3.63) is 82.8 Å². The first-order valence-corrected chi connectivity index (χ1v) is 11.9. The Morgan fingerprint density at radius 3 is 2.66 bits per heavy atom. The molecule has 2 bridgehead atoms. The van der Waals surface area contributed by atoms with Crippen LogP contribution in [0.25, 0.3) is 11.0 Å². The number of ether oxygens (including phenoxy) is 1. The van der Waals surface area contributed by atoms with Gasteiger partial charge in [0.1, 0.15) is 17.4 Å². The highest BCUT2D eigenvalue weighted by Gasteiger charge is 2.45. The molecule has 4 aromatic rings. The Kier molecular flexibility index (Phi) is 5.56. The van der Waals surface area contributed by atoms with Crippen LogP contribution in [-0.2, 0) is 4.79 Å². The van der Waals surface area contributed by atoms with E-state index in [1.165, 1.54) is 13.0 Å². The molecule has 38 heavy (non-hydrogen) atoms. The van der Waals surface area contributed by atoms with Crippen LogP contribution in [0, 0.1) is 11.8 Å². The minimum Gasteiger partial charge on any atom is -0.434 e. The zero-order valence-corrected chi connectivity index (χ0v) is 20.4. The first-order chi connectivity index (χ1) is 18.3. The van der Waals surface area contributed by atoms with Crippen molar-refractivity contribution in [3.63, 3.8) is 0 Å². The zero-order chi connectivity index (χ0) is 26.6. The minimum absolute atomic E-state index is 0.00856. The van der Waals surface area contributed by atoms with E-state index in [4.69, 9.17) is 9.72 Å². The normalized spacial score (nSPS) is 17.5. The van der Waals surface area contributed by atoms with E-state index >= 15 is 0 Å². The molecule has 0 radical (unpaired) electrons. The number of halogens is 2. The molecule has 2 amide bonds. The molecule has 0 saturated heterocycles. The largest absolute Gasteiger partial charge is 0.434 e. The topological polar surface area (TPSA) is 89.4 Å². The number of benzene rings is 2. The third-order valence-corrected chi connectivity index (χ3v) is 6.83. The Labute approximate surface area is 216 Å². The van der Waals surface area contributed by atoms with Gasteiger partial charge in [-0.05, 0) is 42.5 Å². The summed E-state index contributed by atoms with van der Waals surface area (Å²) in [7, 11) is 1.71. The van der Waals surface area contributed by atoms with Crippen molar-refractivity contribution in [2.24, 2.45) is 0 Å². The summed E-state index contributed by atoms with van der Waals surface area (Å²) in [6, 6.07) is 13.0. The molecule has 6 rings (SSSR count). The van der Waals surface area contributed by atoms with Gasteiger partial charge in [-0.25, -0.2) is 9.97 Å². The molecule has 1 N–H and O–H groups in total. The van der Waals surface area contributed by atoms with E-state index in [9.17, 15) is 18.4 Å². The van der Waals surface area contributed by atoms with Gasteiger partial charge in [-0.1, -0.05) is 17.9 Å². The van der Waals surface area contributed by atoms with Gasteiger partial charge in [0.15, 0.2) is 0 Å². The van der Waals surface area contributed by atoms with Crippen molar-refractivity contribution >= 4 is 28.7 Å². The van der Waals surface area contributed by atoms with Gasteiger partial charge in [-0.2, -0.15) is 8.78 Å². The van der Waals surface area contributed by atoms with Crippen LogP contribution in [0.5, 0.6) is 5.75 Å². The summed E-state index contributed by atoms with van der Waals surface area (Å²) in [6.45, 7) is -1.60. The fourth-order valence-corrected chi connectivity index (χ4v) is 5.22. The minimum atomic E-state index is -3.02. The lowest BCUT2D eigenvalue weighted by atomic mass is 9.97. The highest BCUT2D eigenvalue weighted by atomic mass is 19.3. The second kappa shape index (κ2) is 8.95. The number of anilines is 1. The Morgan fingerprint density at radius 2 is 1.92 bits per heavy atom. The third kappa shape index (κ3) is 3.93. The summed E-state index contributed by atoms with van der Waals surface area (Å²) in [6.07, 6.45) is 2.08. The predicted octanol–water partition coefficient (Wildman–Crippen LogP) is 4.51. The number of nitrogens with one attached hydrogen (secondary N) is 1. The van der Waals surface area contributed by atoms with Crippen LogP contribution in [0.4, 0.5) is 14.6 Å². The monoisotopic (exact) mass is 513 g/mol. The van der Waals surface area contributed by atoms with E-state index in [0.717, 1.165) is 16.6 Å². The molecule has 4 heterocycles. The zero-order valence-electron chi connectivity index (χ0n) is 20.4. The molecule has 8 nitrogen and oxygen atoms in total. The van der Waals surface area contributed by atoms with Crippen LogP contribution in [0.3, 0.4) is 0 Å². The average molecular weight is 514 g/mol. The van der Waals surface area contributed by atoms with Gasteiger partial charge in [0, 0.05) is 48.8 Å². The van der Waals surface area contributed by atoms with Gasteiger partial charge in [-0.15, -0.1) is 0 Å². The molecule has 2 aromatic heterocycles. The fraction of sp³-hybridized carbons (Fsp3) is 0.214. The number of nitrogens with zero attached hydrogens (tertiary/aromatic N) is 4. The van der Waals surface area contributed by atoms with E-state index in [1.807, 2.05) is 22.8 Å². The molecule has 0 spiro atoms. The average Bonchev–Trinajstić information content (AvgIpc) is 3.40. The number of imidazole rings is 1. The molecule has 2 aliphatic heterocycles. The van der Waals surface area contributed by atoms with E-state index in [-0.39, 0.29) is 23.6 Å².